The van der Waals surface area contributed by atoms with Crippen LogP contribution < -0.4 is 5.73 Å². The Labute approximate surface area is 119 Å². The molecule has 1 aliphatic rings. The van der Waals surface area contributed by atoms with Crippen LogP contribution in [-0.4, -0.2) is 73.3 Å². The number of nitrogens with two attached hydrogens (primary N) is 1. The summed E-state index contributed by atoms with van der Waals surface area (Å²) in [6.07, 6.45) is 0.501. The Hall–Kier alpha value is -0.730. The molecule has 6 nitrogen and oxygen atoms in total. The summed E-state index contributed by atoms with van der Waals surface area (Å²) in [5.74, 6) is 0.209. The molecular formula is C11H21N3O3S2. The van der Waals surface area contributed by atoms with Crippen molar-refractivity contribution in [2.45, 2.75) is 19.4 Å². The number of likely N-dealkylation sites (N-methyl/N-ethyl adjacent to an activating group) is 1. The normalized spacial score (nSPS) is 22.9. The fourth-order valence-electron chi connectivity index (χ4n) is 1.96. The Balaban J connectivity index is 2.46. The monoisotopic (exact) mass is 307 g/mol. The van der Waals surface area contributed by atoms with Crippen LogP contribution in [0.25, 0.3) is 0 Å². The van der Waals surface area contributed by atoms with Crippen molar-refractivity contribution >= 4 is 33.0 Å². The van der Waals surface area contributed by atoms with Gasteiger partial charge in [-0.1, -0.05) is 12.2 Å². The van der Waals surface area contributed by atoms with Gasteiger partial charge in [-0.2, -0.15) is 0 Å². The van der Waals surface area contributed by atoms with Crippen LogP contribution in [0.5, 0.6) is 0 Å². The molecule has 1 fully saturated rings. The summed E-state index contributed by atoms with van der Waals surface area (Å²) < 4.78 is 22.9. The number of nitrogens with zero attached hydrogens (tertiary/aromatic N) is 2. The van der Waals surface area contributed by atoms with Gasteiger partial charge in [-0.3, -0.25) is 9.69 Å². The third kappa shape index (κ3) is 5.42. The number of carbonyl (C=O) groups is 1. The van der Waals surface area contributed by atoms with Crippen molar-refractivity contribution in [1.29, 1.82) is 0 Å². The molecule has 8 heteroatoms. The molecular weight excluding hydrogens is 286 g/mol. The highest BCUT2D eigenvalue weighted by Gasteiger charge is 2.29. The van der Waals surface area contributed by atoms with E-state index in [1.807, 2.05) is 11.8 Å². The van der Waals surface area contributed by atoms with E-state index in [4.69, 9.17) is 18.0 Å². The molecule has 0 bridgehead atoms. The molecule has 1 amide bonds. The Kier molecular flexibility index (Phi) is 5.69. The summed E-state index contributed by atoms with van der Waals surface area (Å²) in [5.41, 5.74) is 5.39. The van der Waals surface area contributed by atoms with Gasteiger partial charge in [0.25, 0.3) is 0 Å². The quantitative estimate of drug-likeness (QED) is 0.672. The van der Waals surface area contributed by atoms with E-state index in [0.717, 1.165) is 0 Å². The minimum Gasteiger partial charge on any atom is -0.393 e. The Morgan fingerprint density at radius 1 is 1.53 bits per heavy atom. The molecule has 0 aromatic rings. The number of hydrogen-bond acceptors (Lipinski definition) is 5. The molecule has 1 rings (SSSR count). The zero-order valence-corrected chi connectivity index (χ0v) is 13.0. The lowest BCUT2D eigenvalue weighted by atomic mass is 10.3. The maximum Gasteiger partial charge on any atom is 0.236 e. The Morgan fingerprint density at radius 2 is 2.16 bits per heavy atom. The molecule has 0 aromatic heterocycles. The second-order valence-electron chi connectivity index (χ2n) is 4.97. The van der Waals surface area contributed by atoms with Crippen molar-refractivity contribution in [2.75, 3.05) is 38.2 Å². The molecule has 2 N–H and O–H groups in total. The van der Waals surface area contributed by atoms with E-state index in [-0.39, 0.29) is 30.0 Å². The lowest BCUT2D eigenvalue weighted by Gasteiger charge is -2.33. The number of carbonyl (C=O) groups excluding carboxylic acids is 1. The minimum absolute atomic E-state index is 0.0394. The minimum atomic E-state index is -2.94. The molecule has 1 aliphatic heterocycles. The highest BCUT2D eigenvalue weighted by Crippen LogP contribution is 2.11. The van der Waals surface area contributed by atoms with Gasteiger partial charge in [0.1, 0.15) is 0 Å². The van der Waals surface area contributed by atoms with E-state index in [2.05, 4.69) is 0 Å². The van der Waals surface area contributed by atoms with Gasteiger partial charge in [0.15, 0.2) is 9.84 Å². The topological polar surface area (TPSA) is 83.7 Å². The number of sulfone groups is 1. The molecule has 0 spiro atoms. The van der Waals surface area contributed by atoms with Crippen LogP contribution in [0.1, 0.15) is 13.3 Å². The van der Waals surface area contributed by atoms with Crippen LogP contribution in [-0.2, 0) is 14.6 Å². The maximum absolute atomic E-state index is 12.0. The second kappa shape index (κ2) is 6.62. The van der Waals surface area contributed by atoms with Gasteiger partial charge in [-0.05, 0) is 6.92 Å². The van der Waals surface area contributed by atoms with Crippen molar-refractivity contribution in [3.8, 4) is 0 Å². The predicted octanol–water partition coefficient (Wildman–Crippen LogP) is -0.760. The van der Waals surface area contributed by atoms with Crippen LogP contribution in [0.4, 0.5) is 0 Å². The van der Waals surface area contributed by atoms with E-state index in [1.165, 1.54) is 0 Å². The second-order valence-corrected chi connectivity index (χ2v) is 7.72. The number of rotatable bonds is 5. The summed E-state index contributed by atoms with van der Waals surface area (Å²) in [4.78, 5) is 15.8. The van der Waals surface area contributed by atoms with Crippen LogP contribution in [0.15, 0.2) is 0 Å². The number of amides is 1. The molecule has 1 saturated heterocycles. The Morgan fingerprint density at radius 3 is 2.68 bits per heavy atom. The van der Waals surface area contributed by atoms with Crippen LogP contribution >= 0.6 is 12.2 Å². The maximum atomic E-state index is 12.0. The molecule has 0 aromatic carbocycles. The summed E-state index contributed by atoms with van der Waals surface area (Å²) in [6.45, 7) is 2.98. The van der Waals surface area contributed by atoms with Crippen molar-refractivity contribution in [2.24, 2.45) is 5.73 Å². The number of thiocarbonyl (C=S) groups is 1. The lowest BCUT2D eigenvalue weighted by Crippen LogP contribution is -2.50. The predicted molar refractivity (Wildman–Crippen MR) is 78.7 cm³/mol. The van der Waals surface area contributed by atoms with Crippen LogP contribution in [0.3, 0.4) is 0 Å². The summed E-state index contributed by atoms with van der Waals surface area (Å²) in [6, 6.07) is -0.119. The average molecular weight is 307 g/mol. The van der Waals surface area contributed by atoms with E-state index in [9.17, 15) is 13.2 Å². The van der Waals surface area contributed by atoms with Gasteiger partial charge in [0.2, 0.25) is 5.91 Å². The first-order valence-electron chi connectivity index (χ1n) is 6.18. The van der Waals surface area contributed by atoms with Gasteiger partial charge in [-0.25, -0.2) is 8.42 Å². The van der Waals surface area contributed by atoms with E-state index >= 15 is 0 Å². The summed E-state index contributed by atoms with van der Waals surface area (Å²) in [5, 5.41) is 0. The van der Waals surface area contributed by atoms with E-state index < -0.39 is 9.84 Å². The molecule has 0 saturated carbocycles. The van der Waals surface area contributed by atoms with Gasteiger partial charge in [0, 0.05) is 32.6 Å². The first-order valence-corrected chi connectivity index (χ1v) is 8.41. The fraction of sp³-hybridized carbons (Fsp3) is 0.818. The van der Waals surface area contributed by atoms with Gasteiger partial charge >= 0.3 is 0 Å². The first kappa shape index (κ1) is 16.3. The average Bonchev–Trinajstić information content (AvgIpc) is 2.28. The van der Waals surface area contributed by atoms with Crippen molar-refractivity contribution in [3.05, 3.63) is 0 Å². The van der Waals surface area contributed by atoms with Crippen molar-refractivity contribution < 1.29 is 13.2 Å². The van der Waals surface area contributed by atoms with Gasteiger partial charge < -0.3 is 10.6 Å². The molecule has 0 radical (unpaired) electrons. The van der Waals surface area contributed by atoms with Gasteiger partial charge in [0.05, 0.1) is 23.0 Å². The number of hydrogen-bond donors (Lipinski definition) is 1. The summed E-state index contributed by atoms with van der Waals surface area (Å²) >= 11 is 4.77. The molecule has 1 atom stereocenters. The van der Waals surface area contributed by atoms with E-state index in [1.54, 1.807) is 11.9 Å². The smallest absolute Gasteiger partial charge is 0.236 e. The highest BCUT2D eigenvalue weighted by molar-refractivity contribution is 7.91. The zero-order chi connectivity index (χ0) is 14.6. The Bertz CT molecular complexity index is 450. The molecule has 0 aliphatic carbocycles. The fourth-order valence-corrected chi connectivity index (χ4v) is 3.68. The van der Waals surface area contributed by atoms with Crippen LogP contribution in [0.2, 0.25) is 0 Å². The van der Waals surface area contributed by atoms with Crippen molar-refractivity contribution in [3.63, 3.8) is 0 Å². The largest absolute Gasteiger partial charge is 0.393 e. The third-order valence-corrected chi connectivity index (χ3v) is 5.26. The lowest BCUT2D eigenvalue weighted by molar-refractivity contribution is -0.131. The first-order chi connectivity index (χ1) is 8.71. The molecule has 1 unspecified atom stereocenters. The molecule has 110 valence electrons. The summed E-state index contributed by atoms with van der Waals surface area (Å²) in [7, 11) is -1.24. The molecule has 1 heterocycles. The standard InChI is InChI=1S/C11H21N3O3S2/c1-9-8-19(16,17)6-5-14(9)7-11(15)13(2)4-3-10(12)18/h9H,3-8H2,1-2H3,(H2,12,18). The highest BCUT2D eigenvalue weighted by atomic mass is 32.2. The van der Waals surface area contributed by atoms with E-state index in [0.29, 0.717) is 24.5 Å². The van der Waals surface area contributed by atoms with Crippen molar-refractivity contribution in [1.82, 2.24) is 9.80 Å². The molecule has 19 heavy (non-hydrogen) atoms. The van der Waals surface area contributed by atoms with Crippen LogP contribution in [0, 0.1) is 0 Å². The SMILES string of the molecule is CC1CS(=O)(=O)CCN1CC(=O)N(C)CCC(N)=S. The third-order valence-electron chi connectivity index (χ3n) is 3.27. The zero-order valence-electron chi connectivity index (χ0n) is 11.3. The van der Waals surface area contributed by atoms with Gasteiger partial charge in [-0.15, -0.1) is 0 Å².